The van der Waals surface area contributed by atoms with Gasteiger partial charge in [0, 0.05) is 25.0 Å². The Hall–Kier alpha value is -3.01. The predicted octanol–water partition coefficient (Wildman–Crippen LogP) is 4.06. The standard InChI is InChI=1S/C23H24N2O2/c1-2-27-20-12-10-18(11-13-20)17-22(26)25-16-15-24-14-6-9-21(24)23(25)19-7-4-3-5-8-19/h3-14,23H,2,15-17H2,1H3. The molecule has 1 amide bonds. The molecule has 0 N–H and O–H groups in total. The van der Waals surface area contributed by atoms with Crippen LogP contribution in [0.15, 0.2) is 72.9 Å². The molecule has 0 saturated carbocycles. The number of benzene rings is 2. The third-order valence-electron chi connectivity index (χ3n) is 5.06. The fourth-order valence-electron chi connectivity index (χ4n) is 3.78. The molecule has 1 atom stereocenters. The van der Waals surface area contributed by atoms with E-state index in [0.29, 0.717) is 13.0 Å². The van der Waals surface area contributed by atoms with Crippen molar-refractivity contribution in [3.8, 4) is 5.75 Å². The molecular formula is C23H24N2O2. The van der Waals surface area contributed by atoms with Gasteiger partial charge in [0.2, 0.25) is 5.91 Å². The van der Waals surface area contributed by atoms with Crippen LogP contribution in [0.25, 0.3) is 0 Å². The smallest absolute Gasteiger partial charge is 0.227 e. The van der Waals surface area contributed by atoms with Crippen LogP contribution >= 0.6 is 0 Å². The Morgan fingerprint density at radius 1 is 1.00 bits per heavy atom. The molecule has 1 aromatic heterocycles. The third-order valence-corrected chi connectivity index (χ3v) is 5.06. The van der Waals surface area contributed by atoms with Gasteiger partial charge in [-0.05, 0) is 42.3 Å². The normalized spacial score (nSPS) is 16.0. The summed E-state index contributed by atoms with van der Waals surface area (Å²) in [5, 5.41) is 0. The van der Waals surface area contributed by atoms with Crippen molar-refractivity contribution in [3.05, 3.63) is 89.7 Å². The van der Waals surface area contributed by atoms with Gasteiger partial charge in [-0.15, -0.1) is 0 Å². The van der Waals surface area contributed by atoms with E-state index in [4.69, 9.17) is 4.74 Å². The Kier molecular flexibility index (Phi) is 4.97. The van der Waals surface area contributed by atoms with Gasteiger partial charge < -0.3 is 14.2 Å². The van der Waals surface area contributed by atoms with Crippen molar-refractivity contribution in [1.29, 1.82) is 0 Å². The Morgan fingerprint density at radius 3 is 2.52 bits per heavy atom. The van der Waals surface area contributed by atoms with E-state index < -0.39 is 0 Å². The lowest BCUT2D eigenvalue weighted by molar-refractivity contribution is -0.133. The molecule has 138 valence electrons. The lowest BCUT2D eigenvalue weighted by atomic mass is 9.99. The Labute approximate surface area is 160 Å². The number of nitrogens with zero attached hydrogens (tertiary/aromatic N) is 2. The number of hydrogen-bond donors (Lipinski definition) is 0. The number of ether oxygens (including phenoxy) is 1. The topological polar surface area (TPSA) is 34.5 Å². The summed E-state index contributed by atoms with van der Waals surface area (Å²) in [7, 11) is 0. The summed E-state index contributed by atoms with van der Waals surface area (Å²) in [6, 6.07) is 22.3. The summed E-state index contributed by atoms with van der Waals surface area (Å²) in [6.07, 6.45) is 2.50. The van der Waals surface area contributed by atoms with Gasteiger partial charge in [0.15, 0.2) is 0 Å². The van der Waals surface area contributed by atoms with Gasteiger partial charge in [0.25, 0.3) is 0 Å². The third kappa shape index (κ3) is 3.61. The highest BCUT2D eigenvalue weighted by Gasteiger charge is 2.31. The highest BCUT2D eigenvalue weighted by molar-refractivity contribution is 5.80. The second kappa shape index (κ2) is 7.70. The SMILES string of the molecule is CCOc1ccc(CC(=O)N2CCn3cccc3C2c2ccccc2)cc1. The van der Waals surface area contributed by atoms with Crippen LogP contribution in [-0.4, -0.2) is 28.5 Å². The molecule has 2 heterocycles. The minimum absolute atomic E-state index is 0.0369. The second-order valence-corrected chi connectivity index (χ2v) is 6.78. The molecule has 0 fully saturated rings. The Balaban J connectivity index is 1.58. The fraction of sp³-hybridized carbons (Fsp3) is 0.261. The van der Waals surface area contributed by atoms with E-state index in [2.05, 4.69) is 35.0 Å². The lowest BCUT2D eigenvalue weighted by Crippen LogP contribution is -2.43. The van der Waals surface area contributed by atoms with Crippen molar-refractivity contribution in [2.75, 3.05) is 13.2 Å². The first kappa shape index (κ1) is 17.4. The molecule has 1 unspecified atom stereocenters. The zero-order valence-corrected chi connectivity index (χ0v) is 15.5. The van der Waals surface area contributed by atoms with Gasteiger partial charge in [0.05, 0.1) is 19.1 Å². The van der Waals surface area contributed by atoms with Gasteiger partial charge in [-0.2, -0.15) is 0 Å². The summed E-state index contributed by atoms with van der Waals surface area (Å²) >= 11 is 0. The molecule has 1 aliphatic heterocycles. The molecule has 2 aromatic carbocycles. The zero-order valence-electron chi connectivity index (χ0n) is 15.5. The minimum atomic E-state index is -0.0369. The van der Waals surface area contributed by atoms with Gasteiger partial charge in [-0.25, -0.2) is 0 Å². The number of carbonyl (C=O) groups excluding carboxylic acids is 1. The molecule has 0 bridgehead atoms. The van der Waals surface area contributed by atoms with Crippen molar-refractivity contribution < 1.29 is 9.53 Å². The Morgan fingerprint density at radius 2 is 1.78 bits per heavy atom. The molecule has 0 spiro atoms. The summed E-state index contributed by atoms with van der Waals surface area (Å²) in [5.41, 5.74) is 3.33. The fourth-order valence-corrected chi connectivity index (χ4v) is 3.78. The van der Waals surface area contributed by atoms with Crippen LogP contribution in [0.3, 0.4) is 0 Å². The average Bonchev–Trinajstić information content (AvgIpc) is 3.18. The maximum absolute atomic E-state index is 13.2. The molecule has 3 aromatic rings. The van der Waals surface area contributed by atoms with Gasteiger partial charge >= 0.3 is 0 Å². The van der Waals surface area contributed by atoms with Crippen LogP contribution in [0.2, 0.25) is 0 Å². The van der Waals surface area contributed by atoms with Crippen molar-refractivity contribution in [3.63, 3.8) is 0 Å². The summed E-state index contributed by atoms with van der Waals surface area (Å²) in [5.74, 6) is 0.993. The van der Waals surface area contributed by atoms with E-state index in [1.807, 2.05) is 54.3 Å². The van der Waals surface area contributed by atoms with Crippen LogP contribution in [0.1, 0.15) is 29.8 Å². The summed E-state index contributed by atoms with van der Waals surface area (Å²) < 4.78 is 7.74. The number of aromatic nitrogens is 1. The Bertz CT molecular complexity index is 900. The van der Waals surface area contributed by atoms with Crippen LogP contribution in [-0.2, 0) is 17.8 Å². The van der Waals surface area contributed by atoms with Gasteiger partial charge in [0.1, 0.15) is 5.75 Å². The molecule has 4 nitrogen and oxygen atoms in total. The van der Waals surface area contributed by atoms with E-state index in [1.165, 1.54) is 5.69 Å². The molecular weight excluding hydrogens is 336 g/mol. The highest BCUT2D eigenvalue weighted by Crippen LogP contribution is 2.32. The average molecular weight is 360 g/mol. The van der Waals surface area contributed by atoms with Crippen LogP contribution < -0.4 is 4.74 Å². The lowest BCUT2D eigenvalue weighted by Gasteiger charge is -2.37. The molecule has 1 aliphatic rings. The predicted molar refractivity (Wildman–Crippen MR) is 106 cm³/mol. The first-order valence-corrected chi connectivity index (χ1v) is 9.47. The molecule has 27 heavy (non-hydrogen) atoms. The monoisotopic (exact) mass is 360 g/mol. The van der Waals surface area contributed by atoms with Crippen molar-refractivity contribution in [2.24, 2.45) is 0 Å². The second-order valence-electron chi connectivity index (χ2n) is 6.78. The summed E-state index contributed by atoms with van der Waals surface area (Å²) in [4.78, 5) is 15.2. The van der Waals surface area contributed by atoms with Crippen molar-refractivity contribution in [1.82, 2.24) is 9.47 Å². The molecule has 0 aliphatic carbocycles. The molecule has 0 radical (unpaired) electrons. The maximum atomic E-state index is 13.2. The van der Waals surface area contributed by atoms with Crippen molar-refractivity contribution >= 4 is 5.91 Å². The number of rotatable bonds is 5. The van der Waals surface area contributed by atoms with Crippen LogP contribution in [0.5, 0.6) is 5.75 Å². The molecule has 4 rings (SSSR count). The first-order valence-electron chi connectivity index (χ1n) is 9.47. The van der Waals surface area contributed by atoms with Crippen molar-refractivity contribution in [2.45, 2.75) is 25.9 Å². The highest BCUT2D eigenvalue weighted by atomic mass is 16.5. The molecule has 4 heteroatoms. The first-order chi connectivity index (χ1) is 13.3. The van der Waals surface area contributed by atoms with E-state index >= 15 is 0 Å². The van der Waals surface area contributed by atoms with E-state index in [-0.39, 0.29) is 11.9 Å². The van der Waals surface area contributed by atoms with E-state index in [1.54, 1.807) is 0 Å². The minimum Gasteiger partial charge on any atom is -0.494 e. The molecule has 0 saturated heterocycles. The zero-order chi connectivity index (χ0) is 18.6. The van der Waals surface area contributed by atoms with E-state index in [0.717, 1.165) is 30.0 Å². The van der Waals surface area contributed by atoms with Gasteiger partial charge in [-0.3, -0.25) is 4.79 Å². The van der Waals surface area contributed by atoms with Crippen LogP contribution in [0, 0.1) is 0 Å². The van der Waals surface area contributed by atoms with Gasteiger partial charge in [-0.1, -0.05) is 42.5 Å². The maximum Gasteiger partial charge on any atom is 0.227 e. The number of carbonyl (C=O) groups is 1. The number of hydrogen-bond acceptors (Lipinski definition) is 2. The summed E-state index contributed by atoms with van der Waals surface area (Å²) in [6.45, 7) is 4.16. The quantitative estimate of drug-likeness (QED) is 0.688. The number of fused-ring (bicyclic) bond motifs is 1. The van der Waals surface area contributed by atoms with E-state index in [9.17, 15) is 4.79 Å². The number of amides is 1. The van der Waals surface area contributed by atoms with Crippen LogP contribution in [0.4, 0.5) is 0 Å². The largest absolute Gasteiger partial charge is 0.494 e.